The van der Waals surface area contributed by atoms with Crippen LogP contribution in [0.3, 0.4) is 0 Å². The Labute approximate surface area is 82.0 Å². The molecule has 13 heavy (non-hydrogen) atoms. The van der Waals surface area contributed by atoms with Crippen molar-refractivity contribution >= 4 is 0 Å². The first-order chi connectivity index (χ1) is 6.01. The molecular weight excluding hydrogens is 156 g/mol. The number of rotatable bonds is 2. The molecule has 0 spiro atoms. The van der Waals surface area contributed by atoms with Gasteiger partial charge < -0.3 is 0 Å². The molecule has 0 N–H and O–H groups in total. The van der Waals surface area contributed by atoms with Crippen molar-refractivity contribution in [3.05, 3.63) is 41.8 Å². The fourth-order valence-corrected chi connectivity index (χ4v) is 1.44. The van der Waals surface area contributed by atoms with E-state index in [1.165, 1.54) is 11.1 Å². The average molecular weight is 175 g/mol. The third-order valence-electron chi connectivity index (χ3n) is 2.05. The third-order valence-corrected chi connectivity index (χ3v) is 2.05. The average Bonchev–Trinajstić information content (AvgIpc) is 2.03. The molecule has 1 aromatic carbocycles. The van der Waals surface area contributed by atoms with Gasteiger partial charge in [-0.3, -0.25) is 0 Å². The molecule has 1 aromatic rings. The first kappa shape index (κ1) is 10.3. The summed E-state index contributed by atoms with van der Waals surface area (Å²) in [5, 5.41) is 0. The lowest BCUT2D eigenvalue weighted by Crippen LogP contribution is -2.08. The first-order valence-corrected chi connectivity index (χ1v) is 4.89. The van der Waals surface area contributed by atoms with Crippen LogP contribution < -0.4 is 0 Å². The second-order valence-corrected chi connectivity index (χ2v) is 4.77. The minimum absolute atomic E-state index is 0.386. The number of benzene rings is 1. The highest BCUT2D eigenvalue weighted by molar-refractivity contribution is 5.27. The summed E-state index contributed by atoms with van der Waals surface area (Å²) in [6.45, 7) is 8.88. The van der Waals surface area contributed by atoms with Crippen LogP contribution in [0.4, 0.5) is 0 Å². The van der Waals surface area contributed by atoms with Crippen molar-refractivity contribution in [3.63, 3.8) is 0 Å². The maximum Gasteiger partial charge on any atom is -0.0124 e. The molecule has 0 bridgehead atoms. The van der Waals surface area contributed by atoms with Gasteiger partial charge in [0, 0.05) is 0 Å². The summed E-state index contributed by atoms with van der Waals surface area (Å²) < 4.78 is 0. The molecular formula is C13H19. The van der Waals surface area contributed by atoms with Crippen LogP contribution >= 0.6 is 0 Å². The van der Waals surface area contributed by atoms with Gasteiger partial charge in [-0.15, -0.1) is 0 Å². The summed E-state index contributed by atoms with van der Waals surface area (Å²) in [6, 6.07) is 8.81. The molecule has 71 valence electrons. The van der Waals surface area contributed by atoms with E-state index in [1.807, 2.05) is 0 Å². The fourth-order valence-electron chi connectivity index (χ4n) is 1.44. The highest BCUT2D eigenvalue weighted by atomic mass is 14.2. The lowest BCUT2D eigenvalue weighted by atomic mass is 9.88. The second-order valence-electron chi connectivity index (χ2n) is 4.77. The van der Waals surface area contributed by atoms with Gasteiger partial charge in [0.1, 0.15) is 0 Å². The fraction of sp³-hybridized carbons (Fsp3) is 0.462. The highest BCUT2D eigenvalue weighted by Gasteiger charge is 2.10. The van der Waals surface area contributed by atoms with E-state index in [4.69, 9.17) is 0 Å². The molecule has 0 aromatic heterocycles. The largest absolute Gasteiger partial charge is 0.0599 e. The molecule has 0 amide bonds. The summed E-state index contributed by atoms with van der Waals surface area (Å²) >= 11 is 0. The van der Waals surface area contributed by atoms with Crippen LogP contribution in [0, 0.1) is 11.8 Å². The van der Waals surface area contributed by atoms with E-state index < -0.39 is 0 Å². The Morgan fingerprint density at radius 1 is 1.08 bits per heavy atom. The zero-order chi connectivity index (χ0) is 9.90. The van der Waals surface area contributed by atoms with E-state index in [0.29, 0.717) is 5.41 Å². The third kappa shape index (κ3) is 3.63. The van der Waals surface area contributed by atoms with Crippen molar-refractivity contribution in [1.82, 2.24) is 0 Å². The lowest BCUT2D eigenvalue weighted by Gasteiger charge is -2.18. The molecule has 0 unspecified atom stereocenters. The zero-order valence-electron chi connectivity index (χ0n) is 9.09. The van der Waals surface area contributed by atoms with Crippen LogP contribution in [-0.2, 0) is 6.42 Å². The maximum absolute atomic E-state index is 2.27. The van der Waals surface area contributed by atoms with E-state index in [9.17, 15) is 0 Å². The Balaban J connectivity index is 2.70. The quantitative estimate of drug-likeness (QED) is 0.640. The molecule has 0 heteroatoms. The minimum Gasteiger partial charge on any atom is -0.0599 e. The molecule has 0 heterocycles. The summed E-state index contributed by atoms with van der Waals surface area (Å²) in [5.74, 6) is 0. The van der Waals surface area contributed by atoms with Gasteiger partial charge in [-0.2, -0.15) is 0 Å². The second kappa shape index (κ2) is 3.95. The van der Waals surface area contributed by atoms with Crippen molar-refractivity contribution in [1.29, 1.82) is 0 Å². The van der Waals surface area contributed by atoms with Gasteiger partial charge in [0.2, 0.25) is 0 Å². The predicted octanol–water partition coefficient (Wildman–Crippen LogP) is 3.85. The molecule has 0 atom stereocenters. The molecule has 0 aliphatic rings. The Kier molecular flexibility index (Phi) is 3.13. The monoisotopic (exact) mass is 175 g/mol. The van der Waals surface area contributed by atoms with Gasteiger partial charge in [0.15, 0.2) is 0 Å². The highest BCUT2D eigenvalue weighted by Crippen LogP contribution is 2.20. The van der Waals surface area contributed by atoms with Crippen LogP contribution in [0.25, 0.3) is 0 Å². The van der Waals surface area contributed by atoms with Gasteiger partial charge in [0.25, 0.3) is 0 Å². The van der Waals surface area contributed by atoms with Gasteiger partial charge in [0.05, 0.1) is 0 Å². The normalized spacial score (nSPS) is 11.7. The van der Waals surface area contributed by atoms with Gasteiger partial charge in [-0.25, -0.2) is 0 Å². The molecule has 0 fully saturated rings. The molecule has 0 aliphatic heterocycles. The molecule has 1 rings (SSSR count). The van der Waals surface area contributed by atoms with E-state index >= 15 is 0 Å². The molecule has 0 saturated carbocycles. The van der Waals surface area contributed by atoms with Crippen LogP contribution in [-0.4, -0.2) is 0 Å². The summed E-state index contributed by atoms with van der Waals surface area (Å²) in [6.07, 6.45) is 3.28. The van der Waals surface area contributed by atoms with Gasteiger partial charge >= 0.3 is 0 Å². The summed E-state index contributed by atoms with van der Waals surface area (Å²) in [4.78, 5) is 0. The van der Waals surface area contributed by atoms with E-state index in [-0.39, 0.29) is 0 Å². The first-order valence-electron chi connectivity index (χ1n) is 4.89. The Morgan fingerprint density at radius 2 is 1.62 bits per heavy atom. The van der Waals surface area contributed by atoms with Crippen molar-refractivity contribution in [2.45, 2.75) is 34.1 Å². The van der Waals surface area contributed by atoms with Crippen molar-refractivity contribution in [2.24, 2.45) is 5.41 Å². The SMILES string of the molecule is C[CH]c1ccc(CC(C)(C)C)cc1. The lowest BCUT2D eigenvalue weighted by molar-refractivity contribution is 0.411. The Morgan fingerprint density at radius 3 is 2.00 bits per heavy atom. The number of hydrogen-bond acceptors (Lipinski definition) is 0. The Hall–Kier alpha value is -0.780. The number of hydrogen-bond donors (Lipinski definition) is 0. The van der Waals surface area contributed by atoms with Crippen LogP contribution in [0.15, 0.2) is 24.3 Å². The van der Waals surface area contributed by atoms with Crippen molar-refractivity contribution in [2.75, 3.05) is 0 Å². The van der Waals surface area contributed by atoms with Crippen molar-refractivity contribution < 1.29 is 0 Å². The smallest absolute Gasteiger partial charge is 0.0124 e. The van der Waals surface area contributed by atoms with Gasteiger partial charge in [-0.1, -0.05) is 52.0 Å². The van der Waals surface area contributed by atoms with Crippen molar-refractivity contribution in [3.8, 4) is 0 Å². The minimum atomic E-state index is 0.386. The summed E-state index contributed by atoms with van der Waals surface area (Å²) in [5.41, 5.74) is 3.12. The topological polar surface area (TPSA) is 0 Å². The predicted molar refractivity (Wildman–Crippen MR) is 58.7 cm³/mol. The van der Waals surface area contributed by atoms with E-state index in [0.717, 1.165) is 6.42 Å². The van der Waals surface area contributed by atoms with Crippen LogP contribution in [0.5, 0.6) is 0 Å². The maximum atomic E-state index is 2.27. The Bertz CT molecular complexity index is 248. The summed E-state index contributed by atoms with van der Waals surface area (Å²) in [7, 11) is 0. The molecule has 0 aliphatic carbocycles. The molecule has 1 radical (unpaired) electrons. The zero-order valence-corrected chi connectivity index (χ0v) is 9.09. The molecule has 0 saturated heterocycles. The van der Waals surface area contributed by atoms with E-state index in [1.54, 1.807) is 0 Å². The molecule has 0 nitrogen and oxygen atoms in total. The van der Waals surface area contributed by atoms with Crippen LogP contribution in [0.1, 0.15) is 38.8 Å². The van der Waals surface area contributed by atoms with E-state index in [2.05, 4.69) is 58.4 Å². The van der Waals surface area contributed by atoms with Crippen LogP contribution in [0.2, 0.25) is 0 Å². The standard InChI is InChI=1S/C13H19/c1-5-11-6-8-12(9-7-11)10-13(2,3)4/h5-9H,10H2,1-4H3. The van der Waals surface area contributed by atoms with Gasteiger partial charge in [-0.05, 0) is 29.4 Å².